The third-order valence-corrected chi connectivity index (χ3v) is 11.4. The molecule has 2 fully saturated rings. The molecule has 312 valence electrons. The topological polar surface area (TPSA) is 138 Å². The Hall–Kier alpha value is -5.55. The molecule has 3 N–H and O–H groups in total. The molecule has 3 amide bonds. The first-order chi connectivity index (χ1) is 28.3. The minimum atomic E-state index is -0.560. The number of aryl methyl sites for hydroxylation is 2. The van der Waals surface area contributed by atoms with Crippen LogP contribution in [0.3, 0.4) is 0 Å². The van der Waals surface area contributed by atoms with E-state index in [9.17, 15) is 19.2 Å². The standard InChI is InChI=1S/C38H48N6O5.C10H12/c1-38(2,3)49-37(48)26-14-19-43(20-15-26)22-21-42(4)36(47)29-10-8-9-28(23-29)35(46)41-32-12-11-30(44-17-6-5-7-18-44)25-31(32)33-24-27(34(39)45)13-16-40-33;1-2-6-10-8-4-3-7-9(10)5-1/h8-13,16,23-26H,5-7,14-15,17-22H2,1-4H3,(H2,39,45)(H,41,46);1-2,5-6H,3-4,7-8H2. The van der Waals surface area contributed by atoms with Gasteiger partial charge in [-0.25, -0.2) is 0 Å². The van der Waals surface area contributed by atoms with Gasteiger partial charge in [-0.2, -0.15) is 0 Å². The number of piperidine rings is 2. The predicted octanol–water partition coefficient (Wildman–Crippen LogP) is 7.78. The van der Waals surface area contributed by atoms with Crippen LogP contribution in [0.5, 0.6) is 0 Å². The Labute approximate surface area is 349 Å². The number of pyridine rings is 1. The second-order valence-corrected chi connectivity index (χ2v) is 17.0. The summed E-state index contributed by atoms with van der Waals surface area (Å²) in [7, 11) is 1.76. The number of nitrogens with one attached hydrogen (secondary N) is 1. The number of primary amides is 1. The maximum absolute atomic E-state index is 13.6. The number of carbonyl (C=O) groups is 4. The molecule has 0 spiro atoms. The van der Waals surface area contributed by atoms with Crippen molar-refractivity contribution in [3.05, 3.63) is 113 Å². The number of hydrogen-bond acceptors (Lipinski definition) is 8. The van der Waals surface area contributed by atoms with E-state index in [0.29, 0.717) is 46.7 Å². The molecule has 3 heterocycles. The number of nitrogens with two attached hydrogens (primary N) is 1. The van der Waals surface area contributed by atoms with Gasteiger partial charge >= 0.3 is 5.97 Å². The highest BCUT2D eigenvalue weighted by Crippen LogP contribution is 2.33. The van der Waals surface area contributed by atoms with Crippen molar-refractivity contribution in [3.63, 3.8) is 0 Å². The maximum atomic E-state index is 13.6. The van der Waals surface area contributed by atoms with Crippen LogP contribution in [0.4, 0.5) is 11.4 Å². The first-order valence-electron chi connectivity index (χ1n) is 21.2. The molecule has 11 heteroatoms. The fourth-order valence-corrected chi connectivity index (χ4v) is 7.99. The number of nitrogens with zero attached hydrogens (tertiary/aromatic N) is 4. The van der Waals surface area contributed by atoms with Gasteiger partial charge in [0.05, 0.1) is 17.3 Å². The Morgan fingerprint density at radius 2 is 1.47 bits per heavy atom. The highest BCUT2D eigenvalue weighted by atomic mass is 16.6. The SMILES string of the molecule is CN(CCN1CCC(C(=O)OC(C)(C)C)CC1)C(=O)c1cccc(C(=O)Nc2ccc(N3CCCCC3)cc2-c2cc(C(N)=O)ccn2)c1.c1ccc2c(c1)CCCC2. The molecule has 4 aromatic rings. The lowest BCUT2D eigenvalue weighted by atomic mass is 9.92. The number of rotatable bonds is 10. The monoisotopic (exact) mass is 800 g/mol. The second-order valence-electron chi connectivity index (χ2n) is 17.0. The van der Waals surface area contributed by atoms with Gasteiger partial charge in [-0.05, 0) is 151 Å². The second kappa shape index (κ2) is 19.9. The van der Waals surface area contributed by atoms with Crippen molar-refractivity contribution in [2.45, 2.75) is 84.2 Å². The van der Waals surface area contributed by atoms with Gasteiger partial charge in [0.15, 0.2) is 0 Å². The maximum Gasteiger partial charge on any atom is 0.309 e. The van der Waals surface area contributed by atoms with Crippen LogP contribution in [-0.4, -0.2) is 90.4 Å². The van der Waals surface area contributed by atoms with Gasteiger partial charge in [0.1, 0.15) is 5.60 Å². The number of amides is 3. The number of anilines is 2. The van der Waals surface area contributed by atoms with E-state index in [4.69, 9.17) is 10.5 Å². The molecule has 0 bridgehead atoms. The number of likely N-dealkylation sites (tertiary alicyclic amines) is 1. The molecule has 7 rings (SSSR count). The molecule has 3 aliphatic rings. The van der Waals surface area contributed by atoms with Crippen LogP contribution in [-0.2, 0) is 22.4 Å². The van der Waals surface area contributed by atoms with Crippen molar-refractivity contribution < 1.29 is 23.9 Å². The normalized spacial score (nSPS) is 15.9. The van der Waals surface area contributed by atoms with Crippen molar-refractivity contribution in [1.29, 1.82) is 0 Å². The largest absolute Gasteiger partial charge is 0.460 e. The minimum Gasteiger partial charge on any atom is -0.460 e. The summed E-state index contributed by atoms with van der Waals surface area (Å²) < 4.78 is 5.56. The highest BCUT2D eigenvalue weighted by molar-refractivity contribution is 6.08. The van der Waals surface area contributed by atoms with E-state index in [-0.39, 0.29) is 23.7 Å². The summed E-state index contributed by atoms with van der Waals surface area (Å²) in [5.74, 6) is -1.34. The van der Waals surface area contributed by atoms with Gasteiger partial charge in [-0.15, -0.1) is 0 Å². The molecule has 2 saturated heterocycles. The molecule has 0 radical (unpaired) electrons. The Kier molecular flexibility index (Phi) is 14.5. The molecule has 1 aliphatic carbocycles. The zero-order valence-electron chi connectivity index (χ0n) is 35.2. The summed E-state index contributed by atoms with van der Waals surface area (Å²) in [4.78, 5) is 62.1. The molecule has 59 heavy (non-hydrogen) atoms. The average molecular weight is 801 g/mol. The zero-order valence-corrected chi connectivity index (χ0v) is 35.2. The van der Waals surface area contributed by atoms with E-state index in [1.165, 1.54) is 38.3 Å². The first kappa shape index (κ1) is 43.0. The lowest BCUT2D eigenvalue weighted by Crippen LogP contribution is -2.42. The van der Waals surface area contributed by atoms with E-state index < -0.39 is 11.5 Å². The highest BCUT2D eigenvalue weighted by Gasteiger charge is 2.29. The third kappa shape index (κ3) is 12.0. The van der Waals surface area contributed by atoms with Crippen molar-refractivity contribution in [1.82, 2.24) is 14.8 Å². The molecule has 0 saturated carbocycles. The Balaban J connectivity index is 0.000000505. The van der Waals surface area contributed by atoms with Gasteiger partial charge in [-0.3, -0.25) is 24.2 Å². The van der Waals surface area contributed by atoms with Crippen molar-refractivity contribution >= 4 is 35.1 Å². The fraction of sp³-hybridized carbons (Fsp3) is 0.438. The molecule has 0 atom stereocenters. The van der Waals surface area contributed by atoms with Gasteiger partial charge in [0.25, 0.3) is 11.8 Å². The summed E-state index contributed by atoms with van der Waals surface area (Å²) in [5.41, 5.74) is 12.0. The van der Waals surface area contributed by atoms with E-state index in [1.807, 2.05) is 39.0 Å². The van der Waals surface area contributed by atoms with Gasteiger partial charge in [0, 0.05) is 67.4 Å². The molecular weight excluding hydrogens is 741 g/mol. The van der Waals surface area contributed by atoms with Crippen LogP contribution in [0.1, 0.15) is 108 Å². The fourth-order valence-electron chi connectivity index (χ4n) is 7.99. The molecule has 11 nitrogen and oxygen atoms in total. The zero-order chi connectivity index (χ0) is 41.9. The van der Waals surface area contributed by atoms with Crippen LogP contribution in [0.2, 0.25) is 0 Å². The van der Waals surface area contributed by atoms with Gasteiger partial charge in [-0.1, -0.05) is 30.3 Å². The average Bonchev–Trinajstić information content (AvgIpc) is 3.25. The summed E-state index contributed by atoms with van der Waals surface area (Å²) in [6.07, 6.45) is 11.8. The smallest absolute Gasteiger partial charge is 0.309 e. The summed E-state index contributed by atoms with van der Waals surface area (Å²) >= 11 is 0. The van der Waals surface area contributed by atoms with Crippen molar-refractivity contribution in [2.24, 2.45) is 11.7 Å². The number of ether oxygens (including phenoxy) is 1. The number of aromatic nitrogens is 1. The van der Waals surface area contributed by atoms with E-state index in [0.717, 1.165) is 57.5 Å². The molecule has 3 aromatic carbocycles. The quantitative estimate of drug-likeness (QED) is 0.155. The molecular formula is C48H60N6O5. The van der Waals surface area contributed by atoms with Gasteiger partial charge in [0.2, 0.25) is 5.91 Å². The summed E-state index contributed by atoms with van der Waals surface area (Å²) in [6.45, 7) is 10.3. The molecule has 0 unspecified atom stereocenters. The number of carbonyl (C=O) groups excluding carboxylic acids is 4. The summed E-state index contributed by atoms with van der Waals surface area (Å²) in [5, 5.41) is 3.01. The van der Waals surface area contributed by atoms with Crippen molar-refractivity contribution in [3.8, 4) is 11.3 Å². The van der Waals surface area contributed by atoms with Gasteiger partial charge < -0.3 is 30.5 Å². The minimum absolute atomic E-state index is 0.0935. The van der Waals surface area contributed by atoms with Crippen LogP contribution in [0.25, 0.3) is 11.3 Å². The number of hydrogen-bond donors (Lipinski definition) is 2. The van der Waals surface area contributed by atoms with Crippen LogP contribution in [0.15, 0.2) is 85.1 Å². The third-order valence-electron chi connectivity index (χ3n) is 11.4. The van der Waals surface area contributed by atoms with Crippen LogP contribution in [0, 0.1) is 5.92 Å². The molecule has 2 aliphatic heterocycles. The number of likely N-dealkylation sites (N-methyl/N-ethyl adjacent to an activating group) is 1. The Morgan fingerprint density at radius 1 is 0.797 bits per heavy atom. The van der Waals surface area contributed by atoms with Crippen LogP contribution >= 0.6 is 0 Å². The summed E-state index contributed by atoms with van der Waals surface area (Å²) in [6, 6.07) is 24.5. The Morgan fingerprint density at radius 3 is 2.14 bits per heavy atom. The predicted molar refractivity (Wildman–Crippen MR) is 234 cm³/mol. The number of fused-ring (bicyclic) bond motifs is 1. The lowest BCUT2D eigenvalue weighted by Gasteiger charge is -2.33. The van der Waals surface area contributed by atoms with Crippen molar-refractivity contribution in [2.75, 3.05) is 56.5 Å². The lowest BCUT2D eigenvalue weighted by molar-refractivity contribution is -0.161. The first-order valence-corrected chi connectivity index (χ1v) is 21.2. The Bertz CT molecular complexity index is 2070. The van der Waals surface area contributed by atoms with Crippen LogP contribution < -0.4 is 16.0 Å². The van der Waals surface area contributed by atoms with E-state index >= 15 is 0 Å². The number of benzene rings is 3. The van der Waals surface area contributed by atoms with E-state index in [2.05, 4.69) is 44.4 Å². The number of esters is 1. The van der Waals surface area contributed by atoms with E-state index in [1.54, 1.807) is 59.5 Å². The molecule has 1 aromatic heterocycles.